The lowest BCUT2D eigenvalue weighted by Crippen LogP contribution is -2.42. The zero-order valence-corrected chi connectivity index (χ0v) is 75.6. The number of aromatic nitrogens is 6. The van der Waals surface area contributed by atoms with Crippen LogP contribution in [0.5, 0.6) is 0 Å². The van der Waals surface area contributed by atoms with E-state index < -0.39 is 0 Å². The van der Waals surface area contributed by atoms with E-state index in [9.17, 15) is 0 Å². The fraction of sp³-hybridized carbons (Fsp3) is 0.222. The molecule has 0 spiro atoms. The van der Waals surface area contributed by atoms with Crippen LogP contribution in [0.4, 0.5) is 86.1 Å². The lowest BCUT2D eigenvalue weighted by molar-refractivity contribution is 0.598. The van der Waals surface area contributed by atoms with Crippen molar-refractivity contribution >= 4 is 196 Å². The molecule has 0 radical (unpaired) electrons. The number of pyridine rings is 4. The van der Waals surface area contributed by atoms with Crippen molar-refractivity contribution in [2.75, 3.05) is 70.1 Å². The number of fused-ring (bicyclic) bond motifs is 20. The first kappa shape index (κ1) is 81.0. The highest BCUT2D eigenvalue weighted by Crippen LogP contribution is 2.55. The Hall–Kier alpha value is -15.1. The number of rotatable bonds is 7. The first-order chi connectivity index (χ1) is 62.6. The number of hydrogen-bond acceptors (Lipinski definition) is 21. The van der Waals surface area contributed by atoms with E-state index in [1.807, 2.05) is 123 Å². The van der Waals surface area contributed by atoms with E-state index in [1.54, 1.807) is 12.4 Å². The van der Waals surface area contributed by atoms with Gasteiger partial charge in [0.15, 0.2) is 62.8 Å². The van der Waals surface area contributed by atoms with Crippen molar-refractivity contribution in [2.24, 2.45) is 0 Å². The molecule has 10 aromatic heterocycles. The van der Waals surface area contributed by atoms with Crippen LogP contribution < -0.4 is 49.0 Å². The predicted molar refractivity (Wildman–Crippen MR) is 530 cm³/mol. The number of anilines is 15. The molecule has 25 rings (SSSR count). The summed E-state index contributed by atoms with van der Waals surface area (Å²) < 4.78 is 31.6. The molecule has 5 aliphatic rings. The average molecular weight is 1700 g/mol. The number of benzene rings is 10. The fourth-order valence-electron chi connectivity index (χ4n) is 20.4. The first-order valence-corrected chi connectivity index (χ1v) is 44.5. The van der Waals surface area contributed by atoms with Gasteiger partial charge in [-0.25, -0.2) is 29.9 Å². The van der Waals surface area contributed by atoms with Crippen LogP contribution in [0.3, 0.4) is 0 Å². The maximum absolute atomic E-state index is 6.36. The number of para-hydroxylation sites is 5. The van der Waals surface area contributed by atoms with Crippen molar-refractivity contribution < 1.29 is 22.1 Å². The van der Waals surface area contributed by atoms with Gasteiger partial charge in [0, 0.05) is 124 Å². The van der Waals surface area contributed by atoms with Gasteiger partial charge < -0.3 is 66.2 Å². The molecular weight excluding hydrogens is 1600 g/mol. The number of furan rings is 5. The molecule has 21 nitrogen and oxygen atoms in total. The standard InChI is InChI=1S/2C23H23N3O.2C21H19N3O.C20H18N4O/c1-14(2)25-16(4)26(19-9-7-13-24-23(19)25)21-15(3)11-12-18-17-8-5-6-10-20(17)27-22(18)21;1-14(2)25-16(4)26(23-19(25)9-7-13-24-23)21-15(3)11-12-18-17-8-5-6-10-20(17)27-22(18)21;1-13-10-11-16-15-7-4-5-9-18(15)25-20(16)19(13)24-14(2)23(3)21-17(24)8-6-12-22-21;1-13-10-11-16-15-7-4-5-9-18(15)25-20(16)19(13)24-14(2)23(3)17-8-6-12-22-21(17)24;1-12-8-9-15-14-6-4-5-7-16(14)25-18(15)17(12)24-13(2)23(3)19-20(24)22-11-10-21-19/h2*5-14,16H,1-4H3;2*4-12,14H,1-3H3;4-11,13H,1-3H3. The second-order valence-electron chi connectivity index (χ2n) is 35.0. The van der Waals surface area contributed by atoms with Gasteiger partial charge in [-0.3, -0.25) is 4.90 Å². The fourth-order valence-corrected chi connectivity index (χ4v) is 20.4. The van der Waals surface area contributed by atoms with E-state index >= 15 is 0 Å². The van der Waals surface area contributed by atoms with E-state index in [4.69, 9.17) is 32.1 Å². The molecule has 5 unspecified atom stereocenters. The van der Waals surface area contributed by atoms with Crippen molar-refractivity contribution in [3.05, 3.63) is 296 Å². The zero-order valence-electron chi connectivity index (χ0n) is 75.6. The summed E-state index contributed by atoms with van der Waals surface area (Å²) in [5, 5.41) is 11.5. The van der Waals surface area contributed by atoms with Gasteiger partial charge in [-0.1, -0.05) is 152 Å². The SMILES string of the molecule is Cc1ccc2c(oc3ccccc32)c1N1c2cccnc2N(C(C)C)C1C.Cc1ccc2c(oc3ccccc32)c1N1c2cccnc2N(C)C1C.Cc1ccc2c(oc3ccccc32)c1N1c2ncccc2N(C(C)C)C1C.Cc1ccc2c(oc3ccccc32)c1N1c2ncccc2N(C)C1C.Cc1ccc2c(oc3ccccc32)c1N1c2nccnc2N(C)C1C. The normalized spacial score (nSPS) is 16.8. The summed E-state index contributed by atoms with van der Waals surface area (Å²) in [4.78, 5) is 50.7. The van der Waals surface area contributed by atoms with Crippen molar-refractivity contribution in [3.8, 4) is 0 Å². The minimum absolute atomic E-state index is 0.106. The van der Waals surface area contributed by atoms with Crippen molar-refractivity contribution in [1.82, 2.24) is 29.9 Å². The molecule has 5 aliphatic heterocycles. The Morgan fingerprint density at radius 1 is 0.225 bits per heavy atom. The van der Waals surface area contributed by atoms with Crippen LogP contribution >= 0.6 is 0 Å². The van der Waals surface area contributed by atoms with Crippen molar-refractivity contribution in [1.29, 1.82) is 0 Å². The van der Waals surface area contributed by atoms with Crippen LogP contribution in [0.15, 0.2) is 290 Å². The Morgan fingerprint density at radius 2 is 0.488 bits per heavy atom. The maximum Gasteiger partial charge on any atom is 0.178 e. The van der Waals surface area contributed by atoms with Gasteiger partial charge in [0.05, 0.1) is 51.2 Å². The van der Waals surface area contributed by atoms with Crippen LogP contribution in [-0.2, 0) is 0 Å². The predicted octanol–water partition coefficient (Wildman–Crippen LogP) is 27.1. The molecule has 0 saturated carbocycles. The third-order valence-electron chi connectivity index (χ3n) is 26.8. The molecule has 0 saturated heterocycles. The smallest absolute Gasteiger partial charge is 0.178 e. The number of nitrogens with zero attached hydrogens (tertiary/aromatic N) is 16. The Morgan fingerprint density at radius 3 is 0.876 bits per heavy atom. The second-order valence-corrected chi connectivity index (χ2v) is 35.0. The summed E-state index contributed by atoms with van der Waals surface area (Å²) in [6, 6.07) is 80.1. The Balaban J connectivity index is 0.0000000978. The molecule has 21 heteroatoms. The lowest BCUT2D eigenvalue weighted by Gasteiger charge is -2.33. The molecule has 20 aromatic rings. The van der Waals surface area contributed by atoms with Gasteiger partial charge >= 0.3 is 0 Å². The van der Waals surface area contributed by atoms with Gasteiger partial charge in [-0.15, -0.1) is 0 Å². The molecule has 0 fully saturated rings. The van der Waals surface area contributed by atoms with E-state index in [-0.39, 0.29) is 30.8 Å². The summed E-state index contributed by atoms with van der Waals surface area (Å²) in [6.07, 6.45) is 11.7. The zero-order chi connectivity index (χ0) is 88.8. The monoisotopic (exact) mass is 1700 g/mol. The third-order valence-corrected chi connectivity index (χ3v) is 26.8. The highest BCUT2D eigenvalue weighted by Gasteiger charge is 2.43. The quantitative estimate of drug-likeness (QED) is 0.147. The topological polar surface area (TPSA) is 175 Å². The molecule has 0 aliphatic carbocycles. The molecule has 644 valence electrons. The average Bonchev–Trinajstić information content (AvgIpc) is 1.42. The lowest BCUT2D eigenvalue weighted by atomic mass is 10.1. The summed E-state index contributed by atoms with van der Waals surface area (Å²) in [5.74, 6) is 5.77. The largest absolute Gasteiger partial charge is 0.454 e. The summed E-state index contributed by atoms with van der Waals surface area (Å²) >= 11 is 0. The molecule has 5 atom stereocenters. The van der Waals surface area contributed by atoms with Crippen LogP contribution in [0.25, 0.3) is 110 Å². The summed E-state index contributed by atoms with van der Waals surface area (Å²) in [6.45, 7) is 30.6. The third kappa shape index (κ3) is 12.9. The van der Waals surface area contributed by atoms with Gasteiger partial charge in [-0.05, 0) is 204 Å². The molecule has 10 aromatic carbocycles. The van der Waals surface area contributed by atoms with Gasteiger partial charge in [-0.2, -0.15) is 0 Å². The summed E-state index contributed by atoms with van der Waals surface area (Å²) in [5.41, 5.74) is 25.3. The Bertz CT molecular complexity index is 7170. The van der Waals surface area contributed by atoms with E-state index in [2.05, 4.69) is 319 Å². The van der Waals surface area contributed by atoms with E-state index in [0.29, 0.717) is 12.1 Å². The molecule has 15 heterocycles. The Kier molecular flexibility index (Phi) is 19.9. The van der Waals surface area contributed by atoms with Crippen LogP contribution in [0.2, 0.25) is 0 Å². The highest BCUT2D eigenvalue weighted by molar-refractivity contribution is 6.16. The van der Waals surface area contributed by atoms with Crippen LogP contribution in [-0.4, -0.2) is 94.0 Å². The molecule has 0 bridgehead atoms. The summed E-state index contributed by atoms with van der Waals surface area (Å²) in [7, 11) is 6.25. The highest BCUT2D eigenvalue weighted by atomic mass is 16.3. The Labute approximate surface area is 748 Å². The van der Waals surface area contributed by atoms with E-state index in [0.717, 1.165) is 196 Å². The molecule has 0 amide bonds. The number of aryl methyl sites for hydroxylation is 5. The van der Waals surface area contributed by atoms with Gasteiger partial charge in [0.25, 0.3) is 0 Å². The van der Waals surface area contributed by atoms with Crippen molar-refractivity contribution in [3.63, 3.8) is 0 Å². The van der Waals surface area contributed by atoms with Gasteiger partial charge in [0.1, 0.15) is 58.7 Å². The minimum Gasteiger partial charge on any atom is -0.454 e. The molecular formula is C108H102N16O5. The molecule has 0 N–H and O–H groups in total. The van der Waals surface area contributed by atoms with E-state index in [1.165, 1.54) is 27.9 Å². The van der Waals surface area contributed by atoms with Crippen molar-refractivity contribution in [2.45, 2.75) is 140 Å². The second kappa shape index (κ2) is 31.8. The number of hydrogen-bond donors (Lipinski definition) is 0. The van der Waals surface area contributed by atoms with Gasteiger partial charge in [0.2, 0.25) is 0 Å². The van der Waals surface area contributed by atoms with Crippen LogP contribution in [0.1, 0.15) is 90.1 Å². The maximum atomic E-state index is 6.36. The minimum atomic E-state index is 0.106. The molecule has 129 heavy (non-hydrogen) atoms. The van der Waals surface area contributed by atoms with Crippen LogP contribution in [0, 0.1) is 34.6 Å². The first-order valence-electron chi connectivity index (χ1n) is 44.5.